The molecule has 0 aliphatic rings. The van der Waals surface area contributed by atoms with Crippen molar-refractivity contribution in [3.63, 3.8) is 0 Å². The lowest BCUT2D eigenvalue weighted by atomic mass is 10.8. The van der Waals surface area contributed by atoms with Gasteiger partial charge in [-0.05, 0) is 6.92 Å². The van der Waals surface area contributed by atoms with Crippen molar-refractivity contribution in [1.82, 2.24) is 0 Å². The van der Waals surface area contributed by atoms with E-state index in [0.717, 1.165) is 0 Å². The first-order valence-electron chi connectivity index (χ1n) is 2.72. The first-order valence-corrected chi connectivity index (χ1v) is 4.33. The minimum absolute atomic E-state index is 0.201. The third kappa shape index (κ3) is 16.3. The van der Waals surface area contributed by atoms with Crippen LogP contribution in [0.15, 0.2) is 0 Å². The highest BCUT2D eigenvalue weighted by Gasteiger charge is 2.15. The van der Waals surface area contributed by atoms with Crippen LogP contribution in [0.5, 0.6) is 0 Å². The first-order chi connectivity index (χ1) is 5.20. The van der Waals surface area contributed by atoms with Crippen LogP contribution in [0.2, 0.25) is 0 Å². The van der Waals surface area contributed by atoms with Crippen molar-refractivity contribution in [2.45, 2.75) is 19.8 Å². The Hall–Kier alpha value is -0.370. The fourth-order valence-corrected chi connectivity index (χ4v) is 0. The zero-order chi connectivity index (χ0) is 10.4. The average molecular weight is 212 g/mol. The summed E-state index contributed by atoms with van der Waals surface area (Å²) in [5.41, 5.74) is 0. The summed E-state index contributed by atoms with van der Waals surface area (Å²) in [4.78, 5) is 0. The molecule has 0 unspecified atom stereocenters. The van der Waals surface area contributed by atoms with Gasteiger partial charge in [-0.2, -0.15) is 8.42 Å². The number of hydrogen-bond donors (Lipinski definition) is 1. The average Bonchev–Trinajstić information content (AvgIpc) is 1.87. The van der Waals surface area contributed by atoms with Crippen LogP contribution in [0.3, 0.4) is 0 Å². The Morgan fingerprint density at radius 1 is 1.17 bits per heavy atom. The van der Waals surface area contributed by atoms with E-state index in [1.165, 1.54) is 6.92 Å². The molecule has 0 rings (SSSR count). The summed E-state index contributed by atoms with van der Waals surface area (Å²) in [5.74, 6) is -0.201. The van der Waals surface area contributed by atoms with Crippen LogP contribution in [-0.2, 0) is 10.1 Å². The molecular formula is C4H8F4O3S. The van der Waals surface area contributed by atoms with Crippen molar-refractivity contribution in [2.24, 2.45) is 0 Å². The second kappa shape index (κ2) is 6.18. The maximum absolute atomic E-state index is 10.4. The molecule has 1 N–H and O–H groups in total. The van der Waals surface area contributed by atoms with Crippen molar-refractivity contribution in [3.05, 3.63) is 0 Å². The first kappa shape index (κ1) is 14.2. The van der Waals surface area contributed by atoms with Crippen LogP contribution < -0.4 is 0 Å². The van der Waals surface area contributed by atoms with Crippen LogP contribution >= 0.6 is 0 Å². The summed E-state index contributed by atoms with van der Waals surface area (Å²) in [6.45, 7) is 1.37. The highest BCUT2D eigenvalue weighted by atomic mass is 32.2. The molecule has 0 heterocycles. The minimum Gasteiger partial charge on any atom is -0.286 e. The van der Waals surface area contributed by atoms with Crippen molar-refractivity contribution in [2.75, 3.05) is 5.75 Å². The van der Waals surface area contributed by atoms with Gasteiger partial charge in [-0.3, -0.25) is 4.55 Å². The maximum atomic E-state index is 10.4. The van der Waals surface area contributed by atoms with Gasteiger partial charge in [-0.15, -0.1) is 0 Å². The van der Waals surface area contributed by atoms with Crippen LogP contribution in [0.25, 0.3) is 0 Å². The molecule has 0 fully saturated rings. The Morgan fingerprint density at radius 2 is 1.33 bits per heavy atom. The van der Waals surface area contributed by atoms with Gasteiger partial charge in [0.1, 0.15) is 0 Å². The molecule has 0 saturated heterocycles. The topological polar surface area (TPSA) is 54.4 Å². The summed E-state index contributed by atoms with van der Waals surface area (Å²) < 4.78 is 68.5. The van der Waals surface area contributed by atoms with Gasteiger partial charge >= 0.3 is 0 Å². The Kier molecular flexibility index (Phi) is 7.30. The maximum Gasteiger partial charge on any atom is 0.298 e. The van der Waals surface area contributed by atoms with Crippen LogP contribution in [-0.4, -0.2) is 31.6 Å². The summed E-state index contributed by atoms with van der Waals surface area (Å²) >= 11 is 0. The lowest BCUT2D eigenvalue weighted by molar-refractivity contribution is -0.0278. The zero-order valence-corrected chi connectivity index (χ0v) is 6.86. The molecule has 0 amide bonds. The lowest BCUT2D eigenvalue weighted by Crippen LogP contribution is -2.02. The van der Waals surface area contributed by atoms with E-state index in [-0.39, 0.29) is 5.75 Å². The standard InChI is InChI=1S/C2H2F4.C2H6O3S/c3-1(4)2(5)6;1-2-6(3,4)5/h1-2H;2H2,1H3,(H,3,4,5). The predicted octanol–water partition coefficient (Wildman–Crippen LogP) is 1.41. The second-order valence-electron chi connectivity index (χ2n) is 1.54. The third-order valence-corrected chi connectivity index (χ3v) is 1.28. The molecule has 12 heavy (non-hydrogen) atoms. The van der Waals surface area contributed by atoms with Gasteiger partial charge in [0, 0.05) is 0 Å². The van der Waals surface area contributed by atoms with Gasteiger partial charge in [-0.25, -0.2) is 17.6 Å². The highest BCUT2D eigenvalue weighted by Crippen LogP contribution is 2.04. The molecule has 3 nitrogen and oxygen atoms in total. The molecule has 0 aliphatic heterocycles. The predicted molar refractivity (Wildman–Crippen MR) is 34.1 cm³/mol. The molecule has 0 aromatic carbocycles. The molecule has 0 aromatic heterocycles. The van der Waals surface area contributed by atoms with Gasteiger partial charge in [0.2, 0.25) is 0 Å². The molecule has 0 radical (unpaired) electrons. The Labute approximate surface area is 67.1 Å². The van der Waals surface area contributed by atoms with Gasteiger partial charge in [0.05, 0.1) is 5.75 Å². The van der Waals surface area contributed by atoms with Crippen molar-refractivity contribution >= 4 is 10.1 Å². The quantitative estimate of drug-likeness (QED) is 0.556. The van der Waals surface area contributed by atoms with E-state index in [4.69, 9.17) is 4.55 Å². The third-order valence-electron chi connectivity index (χ3n) is 0.555. The van der Waals surface area contributed by atoms with E-state index in [1.807, 2.05) is 0 Å². The Bertz CT molecular complexity index is 182. The SMILES string of the molecule is CCS(=O)(=O)O.FC(F)C(F)F. The van der Waals surface area contributed by atoms with Crippen molar-refractivity contribution < 1.29 is 30.5 Å². The molecule has 0 saturated carbocycles. The largest absolute Gasteiger partial charge is 0.298 e. The fraction of sp³-hybridized carbons (Fsp3) is 1.00. The monoisotopic (exact) mass is 212 g/mol. The van der Waals surface area contributed by atoms with Crippen molar-refractivity contribution in [1.29, 1.82) is 0 Å². The number of rotatable bonds is 2. The Balaban J connectivity index is 0. The highest BCUT2D eigenvalue weighted by molar-refractivity contribution is 7.85. The number of halogens is 4. The van der Waals surface area contributed by atoms with E-state index in [2.05, 4.69) is 0 Å². The van der Waals surface area contributed by atoms with E-state index in [9.17, 15) is 26.0 Å². The van der Waals surface area contributed by atoms with E-state index < -0.39 is 23.0 Å². The van der Waals surface area contributed by atoms with Gasteiger partial charge < -0.3 is 0 Å². The van der Waals surface area contributed by atoms with Gasteiger partial charge in [0.15, 0.2) is 0 Å². The van der Waals surface area contributed by atoms with E-state index >= 15 is 0 Å². The van der Waals surface area contributed by atoms with Crippen LogP contribution in [0.4, 0.5) is 17.6 Å². The summed E-state index contributed by atoms with van der Waals surface area (Å²) in [6.07, 6.45) is -6.96. The van der Waals surface area contributed by atoms with Gasteiger partial charge in [0.25, 0.3) is 23.0 Å². The smallest absolute Gasteiger partial charge is 0.286 e. The van der Waals surface area contributed by atoms with E-state index in [1.54, 1.807) is 0 Å². The summed E-state index contributed by atoms with van der Waals surface area (Å²) in [5, 5.41) is 0. The Morgan fingerprint density at radius 3 is 1.33 bits per heavy atom. The molecular weight excluding hydrogens is 204 g/mol. The minimum atomic E-state index is -3.66. The lowest BCUT2D eigenvalue weighted by Gasteiger charge is -1.89. The second-order valence-corrected chi connectivity index (χ2v) is 3.28. The molecule has 0 spiro atoms. The molecule has 8 heteroatoms. The van der Waals surface area contributed by atoms with Crippen LogP contribution in [0, 0.1) is 0 Å². The van der Waals surface area contributed by atoms with E-state index in [0.29, 0.717) is 0 Å². The van der Waals surface area contributed by atoms with Crippen LogP contribution in [0.1, 0.15) is 6.92 Å². The summed E-state index contributed by atoms with van der Waals surface area (Å²) in [7, 11) is -3.66. The summed E-state index contributed by atoms with van der Waals surface area (Å²) in [6, 6.07) is 0. The molecule has 0 atom stereocenters. The number of alkyl halides is 4. The molecule has 76 valence electrons. The van der Waals surface area contributed by atoms with Crippen molar-refractivity contribution in [3.8, 4) is 0 Å². The number of hydrogen-bond acceptors (Lipinski definition) is 2. The normalized spacial score (nSPS) is 11.3. The molecule has 0 aromatic rings. The zero-order valence-electron chi connectivity index (χ0n) is 6.05. The molecule has 0 bridgehead atoms. The fourth-order valence-electron chi connectivity index (χ4n) is 0. The van der Waals surface area contributed by atoms with Gasteiger partial charge in [-0.1, -0.05) is 0 Å². The molecule has 0 aliphatic carbocycles.